The number of halogens is 1. The molecule has 128 valence electrons. The van der Waals surface area contributed by atoms with Gasteiger partial charge in [-0.25, -0.2) is 0 Å². The van der Waals surface area contributed by atoms with Gasteiger partial charge in [0.25, 0.3) is 5.91 Å². The minimum Gasteiger partial charge on any atom is -0.492 e. The van der Waals surface area contributed by atoms with Crippen molar-refractivity contribution in [1.29, 1.82) is 0 Å². The van der Waals surface area contributed by atoms with Crippen LogP contribution in [-0.4, -0.2) is 24.7 Å². The molecule has 4 nitrogen and oxygen atoms in total. The maximum absolute atomic E-state index is 12.3. The molecule has 0 aliphatic heterocycles. The van der Waals surface area contributed by atoms with E-state index in [2.05, 4.69) is 5.32 Å². The first kappa shape index (κ1) is 18.1. The number of hydrogen-bond donors (Lipinski definition) is 1. The zero-order valence-electron chi connectivity index (χ0n) is 14.1. The molecule has 1 N–H and O–H groups in total. The van der Waals surface area contributed by atoms with E-state index in [1.807, 2.05) is 31.2 Å². The van der Waals surface area contributed by atoms with E-state index in [-0.39, 0.29) is 5.91 Å². The van der Waals surface area contributed by atoms with E-state index in [9.17, 15) is 4.79 Å². The highest BCUT2D eigenvalue weighted by molar-refractivity contribution is 6.30. The second-order valence-electron chi connectivity index (χ2n) is 5.98. The number of rotatable bonds is 7. The Labute approximate surface area is 147 Å². The van der Waals surface area contributed by atoms with Gasteiger partial charge in [0.2, 0.25) is 0 Å². The Kier molecular flexibility index (Phi) is 6.10. The lowest BCUT2D eigenvalue weighted by molar-refractivity contribution is -0.134. The van der Waals surface area contributed by atoms with E-state index in [0.717, 1.165) is 5.75 Å². The van der Waals surface area contributed by atoms with Crippen molar-refractivity contribution >= 4 is 17.5 Å². The van der Waals surface area contributed by atoms with Crippen molar-refractivity contribution < 1.29 is 14.3 Å². The molecule has 0 aromatic heterocycles. The monoisotopic (exact) mass is 347 g/mol. The molecule has 0 fully saturated rings. The van der Waals surface area contributed by atoms with Gasteiger partial charge in [-0.1, -0.05) is 29.3 Å². The van der Waals surface area contributed by atoms with Gasteiger partial charge in [-0.3, -0.25) is 4.79 Å². The highest BCUT2D eigenvalue weighted by Gasteiger charge is 2.29. The molecule has 2 aromatic rings. The number of amides is 1. The molecule has 5 heteroatoms. The van der Waals surface area contributed by atoms with Crippen molar-refractivity contribution in [2.24, 2.45) is 0 Å². The second-order valence-corrected chi connectivity index (χ2v) is 6.42. The first-order chi connectivity index (χ1) is 11.4. The summed E-state index contributed by atoms with van der Waals surface area (Å²) in [7, 11) is 0. The summed E-state index contributed by atoms with van der Waals surface area (Å²) in [5.41, 5.74) is 0.189. The number of carbonyl (C=O) groups excluding carboxylic acids is 1. The maximum Gasteiger partial charge on any atom is 0.263 e. The standard InChI is InChI=1S/C19H22ClNO3/c1-14-4-8-16(9-5-14)23-13-12-21-18(22)19(2,3)24-17-10-6-15(20)7-11-17/h4-11H,12-13H2,1-3H3,(H,21,22). The van der Waals surface area contributed by atoms with Gasteiger partial charge in [0.05, 0.1) is 6.54 Å². The van der Waals surface area contributed by atoms with E-state index in [4.69, 9.17) is 21.1 Å². The summed E-state index contributed by atoms with van der Waals surface area (Å²) >= 11 is 5.84. The van der Waals surface area contributed by atoms with Crippen LogP contribution in [0.25, 0.3) is 0 Å². The summed E-state index contributed by atoms with van der Waals surface area (Å²) in [6.45, 7) is 6.26. The summed E-state index contributed by atoms with van der Waals surface area (Å²) in [6.07, 6.45) is 0. The smallest absolute Gasteiger partial charge is 0.263 e. The molecule has 0 saturated carbocycles. The lowest BCUT2D eigenvalue weighted by Gasteiger charge is -2.25. The average molecular weight is 348 g/mol. The molecule has 0 radical (unpaired) electrons. The van der Waals surface area contributed by atoms with E-state index >= 15 is 0 Å². The van der Waals surface area contributed by atoms with Crippen LogP contribution in [0.2, 0.25) is 5.02 Å². The Hall–Kier alpha value is -2.20. The zero-order valence-corrected chi connectivity index (χ0v) is 14.9. The minimum absolute atomic E-state index is 0.204. The number of nitrogens with one attached hydrogen (secondary N) is 1. The molecule has 0 bridgehead atoms. The molecule has 24 heavy (non-hydrogen) atoms. The van der Waals surface area contributed by atoms with Crippen LogP contribution in [0.5, 0.6) is 11.5 Å². The van der Waals surface area contributed by atoms with E-state index in [0.29, 0.717) is 23.9 Å². The van der Waals surface area contributed by atoms with Crippen LogP contribution in [0.1, 0.15) is 19.4 Å². The Bertz CT molecular complexity index is 666. The molecule has 0 saturated heterocycles. The van der Waals surface area contributed by atoms with Crippen molar-refractivity contribution in [3.63, 3.8) is 0 Å². The molecule has 1 amide bonds. The predicted molar refractivity (Wildman–Crippen MR) is 95.8 cm³/mol. The number of aryl methyl sites for hydroxylation is 1. The molecule has 2 aromatic carbocycles. The largest absolute Gasteiger partial charge is 0.492 e. The van der Waals surface area contributed by atoms with Crippen molar-refractivity contribution in [3.8, 4) is 11.5 Å². The fraction of sp³-hybridized carbons (Fsp3) is 0.316. The van der Waals surface area contributed by atoms with E-state index < -0.39 is 5.60 Å². The van der Waals surface area contributed by atoms with Gasteiger partial charge in [0, 0.05) is 5.02 Å². The first-order valence-corrected chi connectivity index (χ1v) is 8.17. The quantitative estimate of drug-likeness (QED) is 0.770. The average Bonchev–Trinajstić information content (AvgIpc) is 2.55. The molecule has 0 aliphatic rings. The fourth-order valence-corrected chi connectivity index (χ4v) is 2.15. The maximum atomic E-state index is 12.3. The Morgan fingerprint density at radius 2 is 1.62 bits per heavy atom. The molecule has 0 unspecified atom stereocenters. The van der Waals surface area contributed by atoms with Crippen LogP contribution >= 0.6 is 11.6 Å². The second kappa shape index (κ2) is 8.06. The third-order valence-electron chi connectivity index (χ3n) is 3.41. The highest BCUT2D eigenvalue weighted by Crippen LogP contribution is 2.21. The van der Waals surface area contributed by atoms with Gasteiger partial charge in [-0.05, 0) is 57.2 Å². The third kappa shape index (κ3) is 5.46. The van der Waals surface area contributed by atoms with Crippen LogP contribution in [0, 0.1) is 6.92 Å². The third-order valence-corrected chi connectivity index (χ3v) is 3.66. The summed E-state index contributed by atoms with van der Waals surface area (Å²) < 4.78 is 11.3. The van der Waals surface area contributed by atoms with E-state index in [1.165, 1.54) is 5.56 Å². The molecule has 0 heterocycles. The van der Waals surface area contributed by atoms with Crippen molar-refractivity contribution in [2.75, 3.05) is 13.2 Å². The SMILES string of the molecule is Cc1ccc(OCCNC(=O)C(C)(C)Oc2ccc(Cl)cc2)cc1. The Balaban J connectivity index is 1.77. The molecule has 0 atom stereocenters. The van der Waals surface area contributed by atoms with Gasteiger partial charge in [-0.2, -0.15) is 0 Å². The number of ether oxygens (including phenoxy) is 2. The molecule has 0 aliphatic carbocycles. The van der Waals surface area contributed by atoms with Crippen molar-refractivity contribution in [1.82, 2.24) is 5.32 Å². The summed E-state index contributed by atoms with van der Waals surface area (Å²) in [6, 6.07) is 14.7. The van der Waals surface area contributed by atoms with Gasteiger partial charge < -0.3 is 14.8 Å². The minimum atomic E-state index is -0.988. The summed E-state index contributed by atoms with van der Waals surface area (Å²) in [5.74, 6) is 1.17. The van der Waals surface area contributed by atoms with Crippen LogP contribution in [-0.2, 0) is 4.79 Å². The lowest BCUT2D eigenvalue weighted by Crippen LogP contribution is -2.47. The number of carbonyl (C=O) groups is 1. The van der Waals surface area contributed by atoms with Gasteiger partial charge in [0.1, 0.15) is 18.1 Å². The molecular weight excluding hydrogens is 326 g/mol. The zero-order chi connectivity index (χ0) is 17.6. The lowest BCUT2D eigenvalue weighted by atomic mass is 10.1. The fourth-order valence-electron chi connectivity index (χ4n) is 2.02. The molecule has 2 rings (SSSR count). The van der Waals surface area contributed by atoms with Crippen molar-refractivity contribution in [3.05, 3.63) is 59.1 Å². The highest BCUT2D eigenvalue weighted by atomic mass is 35.5. The van der Waals surface area contributed by atoms with E-state index in [1.54, 1.807) is 38.1 Å². The summed E-state index contributed by atoms with van der Waals surface area (Å²) in [4.78, 5) is 12.3. The molecular formula is C19H22ClNO3. The van der Waals surface area contributed by atoms with Crippen molar-refractivity contribution in [2.45, 2.75) is 26.4 Å². The van der Waals surface area contributed by atoms with Crippen LogP contribution in [0.3, 0.4) is 0 Å². The number of benzene rings is 2. The van der Waals surface area contributed by atoms with Gasteiger partial charge in [0.15, 0.2) is 5.60 Å². The topological polar surface area (TPSA) is 47.6 Å². The Morgan fingerprint density at radius 3 is 2.25 bits per heavy atom. The normalized spacial score (nSPS) is 11.0. The number of hydrogen-bond acceptors (Lipinski definition) is 3. The van der Waals surface area contributed by atoms with Gasteiger partial charge in [-0.15, -0.1) is 0 Å². The first-order valence-electron chi connectivity index (χ1n) is 7.79. The Morgan fingerprint density at radius 1 is 1.04 bits per heavy atom. The van der Waals surface area contributed by atoms with Crippen LogP contribution in [0.15, 0.2) is 48.5 Å². The van der Waals surface area contributed by atoms with Crippen LogP contribution in [0.4, 0.5) is 0 Å². The van der Waals surface area contributed by atoms with Gasteiger partial charge >= 0.3 is 0 Å². The summed E-state index contributed by atoms with van der Waals surface area (Å²) in [5, 5.41) is 3.44. The predicted octanol–water partition coefficient (Wildman–Crippen LogP) is 4.00. The molecule has 0 spiro atoms. The van der Waals surface area contributed by atoms with Crippen LogP contribution < -0.4 is 14.8 Å².